The van der Waals surface area contributed by atoms with Crippen molar-refractivity contribution in [2.24, 2.45) is 5.73 Å². The van der Waals surface area contributed by atoms with Crippen LogP contribution >= 0.6 is 11.6 Å². The molecule has 0 saturated carbocycles. The highest BCUT2D eigenvalue weighted by Crippen LogP contribution is 2.20. The van der Waals surface area contributed by atoms with Crippen molar-refractivity contribution < 1.29 is 4.79 Å². The Labute approximate surface area is 116 Å². The quantitative estimate of drug-likeness (QED) is 0.750. The number of amides is 1. The highest BCUT2D eigenvalue weighted by Gasteiger charge is 2.08. The second kappa shape index (κ2) is 5.63. The number of primary amides is 1. The highest BCUT2D eigenvalue weighted by atomic mass is 35.5. The SMILES string of the molecule is NC(=O)c1ccc(N)cc1NCc1cccc(Cl)c1. The fraction of sp³-hybridized carbons (Fsp3) is 0.0714. The molecular weight excluding hydrogens is 262 g/mol. The first-order valence-electron chi connectivity index (χ1n) is 5.74. The molecule has 4 nitrogen and oxygen atoms in total. The summed E-state index contributed by atoms with van der Waals surface area (Å²) in [6.45, 7) is 0.532. The number of anilines is 2. The van der Waals surface area contributed by atoms with Crippen LogP contribution in [-0.4, -0.2) is 5.91 Å². The Morgan fingerprint density at radius 1 is 1.21 bits per heavy atom. The van der Waals surface area contributed by atoms with Crippen LogP contribution < -0.4 is 16.8 Å². The maximum atomic E-state index is 11.3. The molecule has 2 rings (SSSR count). The van der Waals surface area contributed by atoms with E-state index >= 15 is 0 Å². The van der Waals surface area contributed by atoms with Crippen LogP contribution in [0.1, 0.15) is 15.9 Å². The molecule has 5 heteroatoms. The maximum Gasteiger partial charge on any atom is 0.250 e. The summed E-state index contributed by atoms with van der Waals surface area (Å²) in [7, 11) is 0. The maximum absolute atomic E-state index is 11.3. The summed E-state index contributed by atoms with van der Waals surface area (Å²) in [5.41, 5.74) is 13.6. The Balaban J connectivity index is 2.19. The Bertz CT molecular complexity index is 613. The molecule has 5 N–H and O–H groups in total. The van der Waals surface area contributed by atoms with Gasteiger partial charge in [-0.25, -0.2) is 0 Å². The fourth-order valence-electron chi connectivity index (χ4n) is 1.77. The van der Waals surface area contributed by atoms with E-state index in [1.54, 1.807) is 24.3 Å². The summed E-state index contributed by atoms with van der Waals surface area (Å²) in [6.07, 6.45) is 0. The third-order valence-corrected chi connectivity index (χ3v) is 2.92. The largest absolute Gasteiger partial charge is 0.399 e. The van der Waals surface area contributed by atoms with Crippen molar-refractivity contribution in [3.63, 3.8) is 0 Å². The van der Waals surface area contributed by atoms with Crippen molar-refractivity contribution in [2.75, 3.05) is 11.1 Å². The first kappa shape index (κ1) is 13.2. The van der Waals surface area contributed by atoms with Crippen molar-refractivity contribution in [2.45, 2.75) is 6.54 Å². The predicted molar refractivity (Wildman–Crippen MR) is 78.2 cm³/mol. The predicted octanol–water partition coefficient (Wildman–Crippen LogP) is 2.63. The summed E-state index contributed by atoms with van der Waals surface area (Å²) >= 11 is 5.91. The summed E-state index contributed by atoms with van der Waals surface area (Å²) in [5, 5.41) is 3.81. The zero-order chi connectivity index (χ0) is 13.8. The van der Waals surface area contributed by atoms with E-state index in [1.165, 1.54) is 0 Å². The van der Waals surface area contributed by atoms with Gasteiger partial charge in [-0.05, 0) is 35.9 Å². The number of nitrogen functional groups attached to an aromatic ring is 1. The Morgan fingerprint density at radius 3 is 2.68 bits per heavy atom. The van der Waals surface area contributed by atoms with E-state index in [4.69, 9.17) is 23.1 Å². The van der Waals surface area contributed by atoms with E-state index in [0.717, 1.165) is 5.56 Å². The molecule has 0 heterocycles. The van der Waals surface area contributed by atoms with Gasteiger partial charge in [0.1, 0.15) is 0 Å². The Morgan fingerprint density at radius 2 is 2.00 bits per heavy atom. The number of carbonyl (C=O) groups excluding carboxylic acids is 1. The molecule has 0 unspecified atom stereocenters. The van der Waals surface area contributed by atoms with Gasteiger partial charge < -0.3 is 16.8 Å². The van der Waals surface area contributed by atoms with Gasteiger partial charge in [-0.2, -0.15) is 0 Å². The summed E-state index contributed by atoms with van der Waals surface area (Å²) in [5.74, 6) is -0.492. The minimum absolute atomic E-state index is 0.413. The second-order valence-electron chi connectivity index (χ2n) is 4.15. The lowest BCUT2D eigenvalue weighted by Crippen LogP contribution is -2.14. The van der Waals surface area contributed by atoms with Crippen molar-refractivity contribution in [1.82, 2.24) is 0 Å². The van der Waals surface area contributed by atoms with Crippen molar-refractivity contribution in [3.8, 4) is 0 Å². The Kier molecular flexibility index (Phi) is 3.92. The van der Waals surface area contributed by atoms with Crippen LogP contribution in [0.25, 0.3) is 0 Å². The molecule has 0 fully saturated rings. The third-order valence-electron chi connectivity index (χ3n) is 2.68. The molecule has 1 amide bonds. The standard InChI is InChI=1S/C14H14ClN3O/c15-10-3-1-2-9(6-10)8-18-13-7-11(16)4-5-12(13)14(17)19/h1-7,18H,8,16H2,(H2,17,19). The van der Waals surface area contributed by atoms with Crippen LogP contribution in [0.4, 0.5) is 11.4 Å². The number of hydrogen-bond acceptors (Lipinski definition) is 3. The summed E-state index contributed by atoms with van der Waals surface area (Å²) < 4.78 is 0. The molecule has 0 saturated heterocycles. The molecule has 0 aliphatic carbocycles. The van der Waals surface area contributed by atoms with E-state index in [0.29, 0.717) is 28.5 Å². The van der Waals surface area contributed by atoms with Gasteiger partial charge in [0.15, 0.2) is 0 Å². The lowest BCUT2D eigenvalue weighted by Gasteiger charge is -2.11. The summed E-state index contributed by atoms with van der Waals surface area (Å²) in [6, 6.07) is 12.4. The van der Waals surface area contributed by atoms with Crippen LogP contribution in [0.3, 0.4) is 0 Å². The van der Waals surface area contributed by atoms with Gasteiger partial charge in [0.05, 0.1) is 5.56 Å². The van der Waals surface area contributed by atoms with Gasteiger partial charge in [-0.15, -0.1) is 0 Å². The van der Waals surface area contributed by atoms with Gasteiger partial charge >= 0.3 is 0 Å². The normalized spacial score (nSPS) is 10.2. The molecule has 0 radical (unpaired) electrons. The average molecular weight is 276 g/mol. The number of carbonyl (C=O) groups is 1. The molecule has 0 aliphatic heterocycles. The molecule has 0 atom stereocenters. The van der Waals surface area contributed by atoms with Crippen LogP contribution in [0.2, 0.25) is 5.02 Å². The van der Waals surface area contributed by atoms with Gasteiger partial charge in [0.25, 0.3) is 5.91 Å². The summed E-state index contributed by atoms with van der Waals surface area (Å²) in [4.78, 5) is 11.3. The van der Waals surface area contributed by atoms with E-state index < -0.39 is 5.91 Å². The zero-order valence-corrected chi connectivity index (χ0v) is 10.9. The van der Waals surface area contributed by atoms with Gasteiger partial charge in [-0.1, -0.05) is 23.7 Å². The molecule has 0 bridgehead atoms. The van der Waals surface area contributed by atoms with Crippen LogP contribution in [0.5, 0.6) is 0 Å². The van der Waals surface area contributed by atoms with E-state index in [1.807, 2.05) is 18.2 Å². The molecular formula is C14H14ClN3O. The van der Waals surface area contributed by atoms with Crippen molar-refractivity contribution in [1.29, 1.82) is 0 Å². The molecule has 0 aromatic heterocycles. The molecule has 0 aliphatic rings. The number of nitrogens with one attached hydrogen (secondary N) is 1. The van der Waals surface area contributed by atoms with Crippen LogP contribution in [-0.2, 0) is 6.54 Å². The fourth-order valence-corrected chi connectivity index (χ4v) is 1.98. The smallest absolute Gasteiger partial charge is 0.250 e. The highest BCUT2D eigenvalue weighted by molar-refractivity contribution is 6.30. The minimum Gasteiger partial charge on any atom is -0.399 e. The van der Waals surface area contributed by atoms with E-state index in [9.17, 15) is 4.79 Å². The molecule has 98 valence electrons. The Hall–Kier alpha value is -2.20. The monoisotopic (exact) mass is 275 g/mol. The number of benzene rings is 2. The second-order valence-corrected chi connectivity index (χ2v) is 4.59. The van der Waals surface area contributed by atoms with Crippen LogP contribution in [0.15, 0.2) is 42.5 Å². The van der Waals surface area contributed by atoms with Crippen molar-refractivity contribution in [3.05, 3.63) is 58.6 Å². The number of nitrogens with two attached hydrogens (primary N) is 2. The lowest BCUT2D eigenvalue weighted by molar-refractivity contribution is 0.100. The van der Waals surface area contributed by atoms with Crippen molar-refractivity contribution >= 4 is 28.9 Å². The molecule has 2 aromatic rings. The molecule has 0 spiro atoms. The number of rotatable bonds is 4. The van der Waals surface area contributed by atoms with Gasteiger partial charge in [0, 0.05) is 22.9 Å². The van der Waals surface area contributed by atoms with E-state index in [-0.39, 0.29) is 0 Å². The molecule has 2 aromatic carbocycles. The average Bonchev–Trinajstić information content (AvgIpc) is 2.36. The van der Waals surface area contributed by atoms with Gasteiger partial charge in [0.2, 0.25) is 0 Å². The third kappa shape index (κ3) is 3.39. The first-order valence-corrected chi connectivity index (χ1v) is 6.11. The number of hydrogen-bond donors (Lipinski definition) is 3. The van der Waals surface area contributed by atoms with Gasteiger partial charge in [-0.3, -0.25) is 4.79 Å². The topological polar surface area (TPSA) is 81.1 Å². The zero-order valence-electron chi connectivity index (χ0n) is 10.2. The lowest BCUT2D eigenvalue weighted by atomic mass is 10.1. The van der Waals surface area contributed by atoms with E-state index in [2.05, 4.69) is 5.32 Å². The molecule has 19 heavy (non-hydrogen) atoms. The van der Waals surface area contributed by atoms with Crippen LogP contribution in [0, 0.1) is 0 Å². The first-order chi connectivity index (χ1) is 9.06. The number of halogens is 1. The minimum atomic E-state index is -0.492.